The van der Waals surface area contributed by atoms with Gasteiger partial charge in [0.15, 0.2) is 0 Å². The molecule has 0 N–H and O–H groups in total. The number of hydrogen-bond acceptors (Lipinski definition) is 3. The van der Waals surface area contributed by atoms with Crippen molar-refractivity contribution in [1.82, 2.24) is 0 Å². The molecule has 0 aliphatic carbocycles. The first-order valence-electron chi connectivity index (χ1n) is 6.48. The van der Waals surface area contributed by atoms with Crippen molar-refractivity contribution in [3.63, 3.8) is 0 Å². The average molecular weight is 376 g/mol. The van der Waals surface area contributed by atoms with E-state index in [1.54, 1.807) is 0 Å². The third kappa shape index (κ3) is 3.83. The zero-order valence-electron chi connectivity index (χ0n) is 11.9. The van der Waals surface area contributed by atoms with Crippen LogP contribution in [0.25, 0.3) is 0 Å². The molecule has 0 radical (unpaired) electrons. The van der Waals surface area contributed by atoms with Crippen molar-refractivity contribution >= 4 is 44.2 Å². The van der Waals surface area contributed by atoms with Gasteiger partial charge in [-0.05, 0) is 67.1 Å². The molecule has 2 aromatic carbocycles. The predicted octanol–water partition coefficient (Wildman–Crippen LogP) is 3.83. The fraction of sp³-hybridized carbons (Fsp3) is 0.133. The largest absolute Gasteiger partial charge is 0.279 e. The molecule has 0 amide bonds. The average Bonchev–Trinajstić information content (AvgIpc) is 2.49. The Morgan fingerprint density at radius 3 is 2.09 bits per heavy atom. The second kappa shape index (κ2) is 6.86. The SMILES string of the molecule is CC(C(=O)Cl)N(c1ccc(Cl)cc1)S(=O)(=O)c1ccc(F)cc1. The van der Waals surface area contributed by atoms with Crippen LogP contribution in [0.5, 0.6) is 0 Å². The monoisotopic (exact) mass is 375 g/mol. The van der Waals surface area contributed by atoms with Crippen LogP contribution in [0.4, 0.5) is 10.1 Å². The highest BCUT2D eigenvalue weighted by Crippen LogP contribution is 2.28. The molecule has 0 aliphatic rings. The number of halogens is 3. The van der Waals surface area contributed by atoms with Crippen molar-refractivity contribution in [2.75, 3.05) is 4.31 Å². The molecule has 0 bridgehead atoms. The second-order valence-corrected chi connectivity index (χ2v) is 7.34. The number of sulfonamides is 1. The number of nitrogens with zero attached hydrogens (tertiary/aromatic N) is 1. The van der Waals surface area contributed by atoms with Crippen LogP contribution >= 0.6 is 23.2 Å². The molecule has 0 aliphatic heterocycles. The summed E-state index contributed by atoms with van der Waals surface area (Å²) in [5.74, 6) is -0.566. The summed E-state index contributed by atoms with van der Waals surface area (Å²) in [6.45, 7) is 1.37. The molecule has 1 unspecified atom stereocenters. The Hall–Kier alpha value is -1.63. The highest BCUT2D eigenvalue weighted by Gasteiger charge is 2.32. The van der Waals surface area contributed by atoms with Crippen LogP contribution in [0.2, 0.25) is 5.02 Å². The summed E-state index contributed by atoms with van der Waals surface area (Å²) in [4.78, 5) is 11.4. The van der Waals surface area contributed by atoms with Crippen LogP contribution < -0.4 is 4.31 Å². The van der Waals surface area contributed by atoms with Crippen molar-refractivity contribution in [2.45, 2.75) is 17.9 Å². The van der Waals surface area contributed by atoms with E-state index >= 15 is 0 Å². The summed E-state index contributed by atoms with van der Waals surface area (Å²) in [5, 5.41) is -0.427. The van der Waals surface area contributed by atoms with Crippen molar-refractivity contribution in [2.24, 2.45) is 0 Å². The summed E-state index contributed by atoms with van der Waals surface area (Å²) in [5.41, 5.74) is 0.222. The van der Waals surface area contributed by atoms with E-state index in [2.05, 4.69) is 0 Å². The Morgan fingerprint density at radius 1 is 1.09 bits per heavy atom. The van der Waals surface area contributed by atoms with E-state index in [1.807, 2.05) is 0 Å². The molecule has 0 saturated carbocycles. The Kier molecular flexibility index (Phi) is 5.29. The van der Waals surface area contributed by atoms with Crippen LogP contribution in [0, 0.1) is 5.82 Å². The molecular formula is C15H12Cl2FNO3S. The van der Waals surface area contributed by atoms with Gasteiger partial charge < -0.3 is 0 Å². The van der Waals surface area contributed by atoms with E-state index < -0.39 is 27.1 Å². The van der Waals surface area contributed by atoms with Gasteiger partial charge in [-0.2, -0.15) is 0 Å². The van der Waals surface area contributed by atoms with Crippen LogP contribution in [-0.4, -0.2) is 19.7 Å². The Balaban J connectivity index is 2.58. The van der Waals surface area contributed by atoms with Gasteiger partial charge in [0, 0.05) is 5.02 Å². The smallest absolute Gasteiger partial charge is 0.265 e. The van der Waals surface area contributed by atoms with Gasteiger partial charge in [0.1, 0.15) is 11.9 Å². The van der Waals surface area contributed by atoms with E-state index in [0.717, 1.165) is 28.6 Å². The van der Waals surface area contributed by atoms with Crippen LogP contribution in [0.1, 0.15) is 6.92 Å². The third-order valence-corrected chi connectivity index (χ3v) is 5.61. The molecule has 0 heterocycles. The fourth-order valence-corrected chi connectivity index (χ4v) is 3.87. The molecule has 8 heteroatoms. The van der Waals surface area contributed by atoms with E-state index in [-0.39, 0.29) is 10.6 Å². The number of carbonyl (C=O) groups excluding carboxylic acids is 1. The topological polar surface area (TPSA) is 54.5 Å². The lowest BCUT2D eigenvalue weighted by Gasteiger charge is -2.28. The van der Waals surface area contributed by atoms with Crippen molar-refractivity contribution < 1.29 is 17.6 Å². The number of anilines is 1. The lowest BCUT2D eigenvalue weighted by atomic mass is 10.3. The standard InChI is InChI=1S/C15H12Cl2FNO3S/c1-10(15(17)20)19(13-6-2-11(16)3-7-13)23(21,22)14-8-4-12(18)5-9-14/h2-10H,1H3. The van der Waals surface area contributed by atoms with E-state index in [0.29, 0.717) is 5.02 Å². The fourth-order valence-electron chi connectivity index (χ4n) is 1.97. The first-order valence-corrected chi connectivity index (χ1v) is 8.68. The molecule has 0 saturated heterocycles. The lowest BCUT2D eigenvalue weighted by molar-refractivity contribution is -0.112. The van der Waals surface area contributed by atoms with Gasteiger partial charge in [0.25, 0.3) is 10.0 Å². The first kappa shape index (κ1) is 17.7. The van der Waals surface area contributed by atoms with Gasteiger partial charge in [-0.25, -0.2) is 12.8 Å². The van der Waals surface area contributed by atoms with Crippen LogP contribution in [0.15, 0.2) is 53.4 Å². The summed E-state index contributed by atoms with van der Waals surface area (Å²) < 4.78 is 39.6. The molecule has 1 atom stereocenters. The summed E-state index contributed by atoms with van der Waals surface area (Å²) >= 11 is 11.3. The van der Waals surface area contributed by atoms with Crippen molar-refractivity contribution in [3.05, 3.63) is 59.4 Å². The van der Waals surface area contributed by atoms with Crippen molar-refractivity contribution in [3.8, 4) is 0 Å². The quantitative estimate of drug-likeness (QED) is 0.746. The third-order valence-electron chi connectivity index (χ3n) is 3.13. The Morgan fingerprint density at radius 2 is 1.61 bits per heavy atom. The van der Waals surface area contributed by atoms with Crippen LogP contribution in [0.3, 0.4) is 0 Å². The Bertz CT molecular complexity index is 808. The second-order valence-electron chi connectivity index (χ2n) is 4.71. The Labute approximate surface area is 143 Å². The zero-order chi connectivity index (χ0) is 17.2. The number of benzene rings is 2. The maximum Gasteiger partial charge on any atom is 0.265 e. The van der Waals surface area contributed by atoms with E-state index in [4.69, 9.17) is 23.2 Å². The predicted molar refractivity (Wildman–Crippen MR) is 87.8 cm³/mol. The van der Waals surface area contributed by atoms with E-state index in [1.165, 1.54) is 31.2 Å². The maximum atomic E-state index is 13.0. The normalized spacial score (nSPS) is 12.7. The number of hydrogen-bond donors (Lipinski definition) is 0. The summed E-state index contributed by atoms with van der Waals surface area (Å²) in [6.07, 6.45) is 0. The van der Waals surface area contributed by atoms with Gasteiger partial charge in [0.05, 0.1) is 10.6 Å². The minimum absolute atomic E-state index is 0.154. The van der Waals surface area contributed by atoms with Crippen molar-refractivity contribution in [1.29, 1.82) is 0 Å². The molecule has 4 nitrogen and oxygen atoms in total. The highest BCUT2D eigenvalue weighted by molar-refractivity contribution is 7.93. The summed E-state index contributed by atoms with van der Waals surface area (Å²) in [6, 6.07) is 9.07. The van der Waals surface area contributed by atoms with Gasteiger partial charge in [-0.3, -0.25) is 9.10 Å². The molecule has 2 rings (SSSR count). The maximum absolute atomic E-state index is 13.0. The van der Waals surface area contributed by atoms with Gasteiger partial charge in [0.2, 0.25) is 5.24 Å². The summed E-state index contributed by atoms with van der Waals surface area (Å²) in [7, 11) is -4.11. The number of carbonyl (C=O) groups is 1. The molecular weight excluding hydrogens is 364 g/mol. The highest BCUT2D eigenvalue weighted by atomic mass is 35.5. The molecule has 23 heavy (non-hydrogen) atoms. The lowest BCUT2D eigenvalue weighted by Crippen LogP contribution is -2.42. The number of rotatable bonds is 5. The minimum atomic E-state index is -4.11. The molecule has 0 spiro atoms. The molecule has 2 aromatic rings. The van der Waals surface area contributed by atoms with Gasteiger partial charge in [-0.1, -0.05) is 11.6 Å². The minimum Gasteiger partial charge on any atom is -0.279 e. The molecule has 122 valence electrons. The van der Waals surface area contributed by atoms with Gasteiger partial charge in [-0.15, -0.1) is 0 Å². The zero-order valence-corrected chi connectivity index (χ0v) is 14.2. The van der Waals surface area contributed by atoms with Gasteiger partial charge >= 0.3 is 0 Å². The molecule has 0 fully saturated rings. The van der Waals surface area contributed by atoms with Crippen LogP contribution in [-0.2, 0) is 14.8 Å². The first-order chi connectivity index (χ1) is 10.7. The van der Waals surface area contributed by atoms with E-state index in [9.17, 15) is 17.6 Å². The molecule has 0 aromatic heterocycles.